The molecule has 1 heterocycles. The average molecular weight is 292 g/mol. The maximum absolute atomic E-state index is 4.43. The van der Waals surface area contributed by atoms with Gasteiger partial charge in [-0.3, -0.25) is 4.68 Å². The van der Waals surface area contributed by atoms with Crippen molar-refractivity contribution in [3.8, 4) is 0 Å². The van der Waals surface area contributed by atoms with Gasteiger partial charge in [0.1, 0.15) is 0 Å². The summed E-state index contributed by atoms with van der Waals surface area (Å²) in [5.74, 6) is 0. The van der Waals surface area contributed by atoms with Gasteiger partial charge >= 0.3 is 0 Å². The van der Waals surface area contributed by atoms with Crippen LogP contribution in [0.15, 0.2) is 6.20 Å². The SMILES string of the molecule is CCN(CC)CCCC(C)NC1CCCc2c1cnn2C. The van der Waals surface area contributed by atoms with E-state index in [0.29, 0.717) is 12.1 Å². The van der Waals surface area contributed by atoms with Crippen LogP contribution in [0.4, 0.5) is 0 Å². The first-order valence-corrected chi connectivity index (χ1v) is 8.64. The van der Waals surface area contributed by atoms with Crippen LogP contribution in [0, 0.1) is 0 Å². The Morgan fingerprint density at radius 2 is 2.19 bits per heavy atom. The summed E-state index contributed by atoms with van der Waals surface area (Å²) in [4.78, 5) is 2.51. The molecule has 0 saturated heterocycles. The van der Waals surface area contributed by atoms with Crippen molar-refractivity contribution in [2.75, 3.05) is 19.6 Å². The molecule has 2 unspecified atom stereocenters. The van der Waals surface area contributed by atoms with E-state index in [2.05, 4.69) is 49.3 Å². The van der Waals surface area contributed by atoms with Crippen LogP contribution in [0.5, 0.6) is 0 Å². The Morgan fingerprint density at radius 3 is 2.90 bits per heavy atom. The molecule has 2 rings (SSSR count). The van der Waals surface area contributed by atoms with Crippen molar-refractivity contribution in [3.05, 3.63) is 17.5 Å². The number of rotatable bonds is 8. The van der Waals surface area contributed by atoms with E-state index in [1.54, 1.807) is 0 Å². The van der Waals surface area contributed by atoms with E-state index in [0.717, 1.165) is 0 Å². The molecule has 1 aromatic rings. The Labute approximate surface area is 129 Å². The van der Waals surface area contributed by atoms with E-state index < -0.39 is 0 Å². The molecule has 0 aromatic carbocycles. The first kappa shape index (κ1) is 16.5. The number of hydrogen-bond donors (Lipinski definition) is 1. The molecule has 120 valence electrons. The summed E-state index contributed by atoms with van der Waals surface area (Å²) in [5, 5.41) is 8.26. The third-order valence-electron chi connectivity index (χ3n) is 4.87. The Kier molecular flexibility index (Phi) is 6.24. The Hall–Kier alpha value is -0.870. The largest absolute Gasteiger partial charge is 0.307 e. The highest BCUT2D eigenvalue weighted by Gasteiger charge is 2.24. The third kappa shape index (κ3) is 4.30. The van der Waals surface area contributed by atoms with Crippen molar-refractivity contribution >= 4 is 0 Å². The minimum Gasteiger partial charge on any atom is -0.307 e. The lowest BCUT2D eigenvalue weighted by Gasteiger charge is -2.27. The van der Waals surface area contributed by atoms with Crippen LogP contribution in [0.2, 0.25) is 0 Å². The van der Waals surface area contributed by atoms with E-state index in [4.69, 9.17) is 0 Å². The fourth-order valence-corrected chi connectivity index (χ4v) is 3.47. The van der Waals surface area contributed by atoms with Gasteiger partial charge in [-0.05, 0) is 58.7 Å². The molecule has 0 saturated carbocycles. The van der Waals surface area contributed by atoms with Crippen molar-refractivity contribution in [2.24, 2.45) is 7.05 Å². The first-order valence-electron chi connectivity index (χ1n) is 8.64. The smallest absolute Gasteiger partial charge is 0.0540 e. The molecule has 21 heavy (non-hydrogen) atoms. The molecule has 0 amide bonds. The third-order valence-corrected chi connectivity index (χ3v) is 4.87. The molecular formula is C17H32N4. The fraction of sp³-hybridized carbons (Fsp3) is 0.824. The molecule has 0 bridgehead atoms. The van der Waals surface area contributed by atoms with Gasteiger partial charge in [0.05, 0.1) is 6.20 Å². The van der Waals surface area contributed by atoms with Crippen LogP contribution in [0.25, 0.3) is 0 Å². The van der Waals surface area contributed by atoms with Gasteiger partial charge in [0, 0.05) is 30.4 Å². The van der Waals surface area contributed by atoms with Crippen LogP contribution in [0.3, 0.4) is 0 Å². The molecule has 0 fully saturated rings. The van der Waals surface area contributed by atoms with Crippen molar-refractivity contribution in [2.45, 2.75) is 65.0 Å². The van der Waals surface area contributed by atoms with Crippen LogP contribution in [-0.4, -0.2) is 40.4 Å². The lowest BCUT2D eigenvalue weighted by atomic mass is 9.92. The number of nitrogens with one attached hydrogen (secondary N) is 1. The second-order valence-electron chi connectivity index (χ2n) is 6.35. The normalized spacial score (nSPS) is 19.8. The van der Waals surface area contributed by atoms with Gasteiger partial charge in [-0.2, -0.15) is 5.10 Å². The van der Waals surface area contributed by atoms with E-state index in [9.17, 15) is 0 Å². The zero-order valence-electron chi connectivity index (χ0n) is 14.2. The van der Waals surface area contributed by atoms with Crippen molar-refractivity contribution in [1.82, 2.24) is 20.0 Å². The lowest BCUT2D eigenvalue weighted by molar-refractivity contribution is 0.286. The number of fused-ring (bicyclic) bond motifs is 1. The summed E-state index contributed by atoms with van der Waals surface area (Å²) >= 11 is 0. The minimum atomic E-state index is 0.505. The molecule has 1 aliphatic carbocycles. The first-order chi connectivity index (χ1) is 10.2. The Bertz CT molecular complexity index is 422. The predicted octanol–water partition coefficient (Wildman–Crippen LogP) is 2.90. The van der Waals surface area contributed by atoms with Crippen LogP contribution in [-0.2, 0) is 13.5 Å². The maximum Gasteiger partial charge on any atom is 0.0540 e. The summed E-state index contributed by atoms with van der Waals surface area (Å²) < 4.78 is 2.05. The molecule has 1 N–H and O–H groups in total. The van der Waals surface area contributed by atoms with Gasteiger partial charge in [0.15, 0.2) is 0 Å². The van der Waals surface area contributed by atoms with Crippen LogP contribution in [0.1, 0.15) is 63.8 Å². The molecule has 0 spiro atoms. The van der Waals surface area contributed by atoms with E-state index >= 15 is 0 Å². The summed E-state index contributed by atoms with van der Waals surface area (Å²) in [6, 6.07) is 1.09. The summed E-state index contributed by atoms with van der Waals surface area (Å²) in [5.41, 5.74) is 2.86. The molecular weight excluding hydrogens is 260 g/mol. The molecule has 4 heteroatoms. The lowest BCUT2D eigenvalue weighted by Crippen LogP contribution is -2.33. The number of nitrogens with zero attached hydrogens (tertiary/aromatic N) is 3. The van der Waals surface area contributed by atoms with Gasteiger partial charge in [-0.25, -0.2) is 0 Å². The van der Waals surface area contributed by atoms with E-state index in [-0.39, 0.29) is 0 Å². The summed E-state index contributed by atoms with van der Waals surface area (Å²) in [6.07, 6.45) is 8.30. The average Bonchev–Trinajstić information content (AvgIpc) is 2.86. The van der Waals surface area contributed by atoms with E-state index in [1.807, 2.05) is 4.68 Å². The van der Waals surface area contributed by atoms with Gasteiger partial charge in [-0.15, -0.1) is 0 Å². The zero-order chi connectivity index (χ0) is 15.2. The van der Waals surface area contributed by atoms with Crippen molar-refractivity contribution in [1.29, 1.82) is 0 Å². The summed E-state index contributed by atoms with van der Waals surface area (Å²) in [7, 11) is 2.06. The van der Waals surface area contributed by atoms with E-state index in [1.165, 1.54) is 63.0 Å². The number of aryl methyl sites for hydroxylation is 1. The Morgan fingerprint density at radius 1 is 1.43 bits per heavy atom. The van der Waals surface area contributed by atoms with Crippen LogP contribution >= 0.6 is 0 Å². The topological polar surface area (TPSA) is 33.1 Å². The number of aromatic nitrogens is 2. The highest BCUT2D eigenvalue weighted by Crippen LogP contribution is 2.29. The molecule has 0 aliphatic heterocycles. The maximum atomic E-state index is 4.43. The highest BCUT2D eigenvalue weighted by atomic mass is 15.3. The zero-order valence-corrected chi connectivity index (χ0v) is 14.2. The quantitative estimate of drug-likeness (QED) is 0.800. The fourth-order valence-electron chi connectivity index (χ4n) is 3.47. The Balaban J connectivity index is 1.79. The second kappa shape index (κ2) is 7.95. The minimum absolute atomic E-state index is 0.505. The highest BCUT2D eigenvalue weighted by molar-refractivity contribution is 5.24. The van der Waals surface area contributed by atoms with Crippen LogP contribution < -0.4 is 5.32 Å². The van der Waals surface area contributed by atoms with Crippen molar-refractivity contribution in [3.63, 3.8) is 0 Å². The standard InChI is InChI=1S/C17H32N4/c1-5-21(6-2)12-8-9-14(3)19-16-10-7-11-17-15(16)13-18-20(17)4/h13-14,16,19H,5-12H2,1-4H3. The summed E-state index contributed by atoms with van der Waals surface area (Å²) in [6.45, 7) is 10.4. The predicted molar refractivity (Wildman–Crippen MR) is 88.5 cm³/mol. The second-order valence-corrected chi connectivity index (χ2v) is 6.35. The van der Waals surface area contributed by atoms with Gasteiger partial charge in [-0.1, -0.05) is 13.8 Å². The molecule has 0 radical (unpaired) electrons. The van der Waals surface area contributed by atoms with Gasteiger partial charge in [0.25, 0.3) is 0 Å². The van der Waals surface area contributed by atoms with Crippen molar-refractivity contribution < 1.29 is 0 Å². The number of hydrogen-bond acceptors (Lipinski definition) is 3. The van der Waals surface area contributed by atoms with Gasteiger partial charge < -0.3 is 10.2 Å². The monoisotopic (exact) mass is 292 g/mol. The molecule has 1 aromatic heterocycles. The van der Waals surface area contributed by atoms with Gasteiger partial charge in [0.2, 0.25) is 0 Å². The molecule has 2 atom stereocenters. The molecule has 4 nitrogen and oxygen atoms in total. The molecule has 1 aliphatic rings.